The van der Waals surface area contributed by atoms with E-state index in [0.717, 1.165) is 53.8 Å². The van der Waals surface area contributed by atoms with Crippen molar-refractivity contribution < 1.29 is 27.5 Å². The van der Waals surface area contributed by atoms with Crippen LogP contribution in [0.15, 0.2) is 72.8 Å². The number of anilines is 1. The zero-order valence-corrected chi connectivity index (χ0v) is 26.9. The average Bonchev–Trinajstić information content (AvgIpc) is 3.02. The SMILES string of the molecule is COc1ccc(OC)c(N(CC(=O)N(Cc2ccc(Cl)cc2)[C@@H](Cc2ccccc2)C(=O)NC2CCCCC2)S(C)(=O)=O)c1. The molecule has 2 amide bonds. The number of sulfonamides is 1. The van der Waals surface area contributed by atoms with E-state index in [2.05, 4.69) is 5.32 Å². The first-order valence-corrected chi connectivity index (χ1v) is 16.9. The van der Waals surface area contributed by atoms with Gasteiger partial charge in [0.15, 0.2) is 0 Å². The van der Waals surface area contributed by atoms with Crippen LogP contribution in [0.3, 0.4) is 0 Å². The summed E-state index contributed by atoms with van der Waals surface area (Å²) in [5, 5.41) is 3.73. The maximum atomic E-state index is 14.4. The molecule has 3 aromatic rings. The van der Waals surface area contributed by atoms with Crippen molar-refractivity contribution in [1.29, 1.82) is 0 Å². The fourth-order valence-electron chi connectivity index (χ4n) is 5.47. The number of carbonyl (C=O) groups is 2. The molecule has 1 atom stereocenters. The highest BCUT2D eigenvalue weighted by Gasteiger charge is 2.34. The smallest absolute Gasteiger partial charge is 0.244 e. The van der Waals surface area contributed by atoms with E-state index in [9.17, 15) is 18.0 Å². The Morgan fingerprint density at radius 1 is 0.932 bits per heavy atom. The number of benzene rings is 3. The van der Waals surface area contributed by atoms with Crippen molar-refractivity contribution in [1.82, 2.24) is 10.2 Å². The lowest BCUT2D eigenvalue weighted by molar-refractivity contribution is -0.140. The van der Waals surface area contributed by atoms with E-state index in [1.807, 2.05) is 30.3 Å². The van der Waals surface area contributed by atoms with Crippen molar-refractivity contribution in [2.24, 2.45) is 0 Å². The third kappa shape index (κ3) is 8.89. The molecular formula is C33H40ClN3O6S. The molecule has 44 heavy (non-hydrogen) atoms. The first-order valence-electron chi connectivity index (χ1n) is 14.7. The number of hydrogen-bond donors (Lipinski definition) is 1. The highest BCUT2D eigenvalue weighted by molar-refractivity contribution is 7.92. The number of nitrogens with zero attached hydrogens (tertiary/aromatic N) is 2. The van der Waals surface area contributed by atoms with Crippen molar-refractivity contribution >= 4 is 39.1 Å². The van der Waals surface area contributed by atoms with Crippen molar-refractivity contribution in [3.05, 3.63) is 88.9 Å². The van der Waals surface area contributed by atoms with Crippen LogP contribution >= 0.6 is 11.6 Å². The van der Waals surface area contributed by atoms with Gasteiger partial charge in [0.25, 0.3) is 0 Å². The first-order chi connectivity index (χ1) is 21.1. The van der Waals surface area contributed by atoms with Gasteiger partial charge in [-0.05, 0) is 48.2 Å². The zero-order valence-electron chi connectivity index (χ0n) is 25.4. The topological polar surface area (TPSA) is 105 Å². The summed E-state index contributed by atoms with van der Waals surface area (Å²) in [7, 11) is -1.09. The lowest BCUT2D eigenvalue weighted by Gasteiger charge is -2.35. The van der Waals surface area contributed by atoms with Gasteiger partial charge < -0.3 is 19.7 Å². The fraction of sp³-hybridized carbons (Fsp3) is 0.394. The van der Waals surface area contributed by atoms with Gasteiger partial charge in [0.1, 0.15) is 24.1 Å². The first kappa shape index (κ1) is 33.1. The molecule has 1 aliphatic rings. The third-order valence-electron chi connectivity index (χ3n) is 7.82. The summed E-state index contributed by atoms with van der Waals surface area (Å²) < 4.78 is 38.1. The predicted octanol–water partition coefficient (Wildman–Crippen LogP) is 5.21. The summed E-state index contributed by atoms with van der Waals surface area (Å²) in [6.45, 7) is -0.490. The molecule has 0 aliphatic heterocycles. The molecule has 0 heterocycles. The van der Waals surface area contributed by atoms with Crippen LogP contribution in [0.25, 0.3) is 0 Å². The summed E-state index contributed by atoms with van der Waals surface area (Å²) in [6, 6.07) is 20.4. The van der Waals surface area contributed by atoms with Crippen molar-refractivity contribution in [2.45, 2.75) is 57.2 Å². The van der Waals surface area contributed by atoms with Crippen LogP contribution in [0.1, 0.15) is 43.2 Å². The molecule has 0 aromatic heterocycles. The van der Waals surface area contributed by atoms with Gasteiger partial charge in [-0.3, -0.25) is 13.9 Å². The molecule has 4 rings (SSSR count). The van der Waals surface area contributed by atoms with Gasteiger partial charge in [-0.25, -0.2) is 8.42 Å². The van der Waals surface area contributed by atoms with E-state index >= 15 is 0 Å². The van der Waals surface area contributed by atoms with Gasteiger partial charge in [0.05, 0.1) is 26.2 Å². The van der Waals surface area contributed by atoms with Crippen LogP contribution in [0.5, 0.6) is 11.5 Å². The number of nitrogens with one attached hydrogen (secondary N) is 1. The van der Waals surface area contributed by atoms with Gasteiger partial charge in [-0.2, -0.15) is 0 Å². The Kier molecular flexibility index (Phi) is 11.5. The Balaban J connectivity index is 1.75. The van der Waals surface area contributed by atoms with E-state index < -0.39 is 28.5 Å². The van der Waals surface area contributed by atoms with Crippen molar-refractivity contribution in [2.75, 3.05) is 31.3 Å². The molecule has 9 nitrogen and oxygen atoms in total. The highest BCUT2D eigenvalue weighted by atomic mass is 35.5. The summed E-state index contributed by atoms with van der Waals surface area (Å²) in [5.74, 6) is -0.166. The van der Waals surface area contributed by atoms with Crippen LogP contribution in [-0.2, 0) is 32.6 Å². The number of amides is 2. The molecule has 0 unspecified atom stereocenters. The molecule has 1 N–H and O–H groups in total. The Hall–Kier alpha value is -3.76. The fourth-order valence-corrected chi connectivity index (χ4v) is 6.44. The predicted molar refractivity (Wildman–Crippen MR) is 173 cm³/mol. The minimum atomic E-state index is -3.98. The van der Waals surface area contributed by atoms with Gasteiger partial charge in [0.2, 0.25) is 21.8 Å². The Bertz CT molecular complexity index is 1510. The van der Waals surface area contributed by atoms with Crippen molar-refractivity contribution in [3.8, 4) is 11.5 Å². The Labute approximate surface area is 265 Å². The molecule has 0 saturated heterocycles. The van der Waals surface area contributed by atoms with Gasteiger partial charge in [0, 0.05) is 30.1 Å². The van der Waals surface area contributed by atoms with E-state index in [-0.39, 0.29) is 36.4 Å². The van der Waals surface area contributed by atoms with Crippen LogP contribution in [0, 0.1) is 0 Å². The normalized spacial score (nSPS) is 14.4. The van der Waals surface area contributed by atoms with E-state index in [0.29, 0.717) is 10.8 Å². The molecule has 0 radical (unpaired) electrons. The second kappa shape index (κ2) is 15.3. The summed E-state index contributed by atoms with van der Waals surface area (Å²) in [4.78, 5) is 29.9. The molecule has 1 saturated carbocycles. The Morgan fingerprint density at radius 2 is 1.61 bits per heavy atom. The van der Waals surface area contributed by atoms with E-state index in [1.165, 1.54) is 25.2 Å². The molecule has 0 spiro atoms. The Morgan fingerprint density at radius 3 is 2.23 bits per heavy atom. The second-order valence-electron chi connectivity index (χ2n) is 11.0. The monoisotopic (exact) mass is 641 g/mol. The van der Waals surface area contributed by atoms with Gasteiger partial charge in [-0.15, -0.1) is 0 Å². The second-order valence-corrected chi connectivity index (χ2v) is 13.3. The maximum Gasteiger partial charge on any atom is 0.244 e. The maximum absolute atomic E-state index is 14.4. The number of methoxy groups -OCH3 is 2. The average molecular weight is 642 g/mol. The minimum absolute atomic E-state index is 0.0237. The van der Waals surface area contributed by atoms with Crippen LogP contribution in [0.2, 0.25) is 5.02 Å². The van der Waals surface area contributed by atoms with Crippen LogP contribution in [-0.4, -0.2) is 64.2 Å². The summed E-state index contributed by atoms with van der Waals surface area (Å²) in [6.07, 6.45) is 6.25. The van der Waals surface area contributed by atoms with Crippen LogP contribution in [0.4, 0.5) is 5.69 Å². The highest BCUT2D eigenvalue weighted by Crippen LogP contribution is 2.34. The lowest BCUT2D eigenvalue weighted by Crippen LogP contribution is -2.55. The number of halogens is 1. The molecule has 0 bridgehead atoms. The third-order valence-corrected chi connectivity index (χ3v) is 9.20. The number of hydrogen-bond acceptors (Lipinski definition) is 6. The molecule has 236 valence electrons. The standard InChI is InChI=1S/C33H40ClN3O6S/c1-42-28-18-19-31(43-2)29(21-28)37(44(3,40)41)23-32(38)36(22-25-14-16-26(34)17-15-25)30(20-24-10-6-4-7-11-24)33(39)35-27-12-8-5-9-13-27/h4,6-7,10-11,14-19,21,27,30H,5,8-9,12-13,20,22-23H2,1-3H3,(H,35,39)/t30-/m0/s1. The summed E-state index contributed by atoms with van der Waals surface area (Å²) >= 11 is 6.14. The minimum Gasteiger partial charge on any atom is -0.497 e. The molecular weight excluding hydrogens is 602 g/mol. The van der Waals surface area contributed by atoms with Crippen LogP contribution < -0.4 is 19.1 Å². The number of carbonyl (C=O) groups excluding carboxylic acids is 2. The molecule has 3 aromatic carbocycles. The lowest BCUT2D eigenvalue weighted by atomic mass is 9.94. The zero-order chi connectivity index (χ0) is 31.7. The van der Waals surface area contributed by atoms with Crippen molar-refractivity contribution in [3.63, 3.8) is 0 Å². The molecule has 1 aliphatic carbocycles. The molecule has 11 heteroatoms. The van der Waals surface area contributed by atoms with E-state index in [4.69, 9.17) is 21.1 Å². The summed E-state index contributed by atoms with van der Waals surface area (Å²) in [5.41, 5.74) is 1.77. The van der Waals surface area contributed by atoms with E-state index in [1.54, 1.807) is 36.4 Å². The van der Waals surface area contributed by atoms with Gasteiger partial charge in [-0.1, -0.05) is 73.3 Å². The molecule has 1 fully saturated rings. The number of rotatable bonds is 13. The van der Waals surface area contributed by atoms with Gasteiger partial charge >= 0.3 is 0 Å². The largest absolute Gasteiger partial charge is 0.497 e. The number of ether oxygens (including phenoxy) is 2. The quantitative estimate of drug-likeness (QED) is 0.275.